The molecule has 4 aromatic rings. The Kier molecular flexibility index (Phi) is 5.89. The molecule has 10 nitrogen and oxygen atoms in total. The summed E-state index contributed by atoms with van der Waals surface area (Å²) < 4.78 is 84.8. The quantitative estimate of drug-likeness (QED) is 0.391. The van der Waals surface area contributed by atoms with E-state index in [1.54, 1.807) is 4.90 Å². The molecule has 190 valence electrons. The van der Waals surface area contributed by atoms with Crippen molar-refractivity contribution in [3.8, 4) is 11.4 Å². The van der Waals surface area contributed by atoms with Gasteiger partial charge in [0.2, 0.25) is 5.95 Å². The van der Waals surface area contributed by atoms with E-state index >= 15 is 0 Å². The monoisotopic (exact) mass is 513 g/mol. The number of aromatic nitrogens is 7. The van der Waals surface area contributed by atoms with Crippen molar-refractivity contribution in [1.29, 1.82) is 0 Å². The molecule has 0 amide bonds. The van der Waals surface area contributed by atoms with Gasteiger partial charge in [-0.1, -0.05) is 12.1 Å². The van der Waals surface area contributed by atoms with Gasteiger partial charge in [0.25, 0.3) is 0 Å². The van der Waals surface area contributed by atoms with Crippen LogP contribution in [0.15, 0.2) is 30.5 Å². The number of fused-ring (bicyclic) bond motifs is 1. The van der Waals surface area contributed by atoms with E-state index in [9.17, 15) is 26.3 Å². The summed E-state index contributed by atoms with van der Waals surface area (Å²) in [6.45, 7) is 1.53. The highest BCUT2D eigenvalue weighted by Gasteiger charge is 2.36. The van der Waals surface area contributed by atoms with Gasteiger partial charge in [0.1, 0.15) is 5.82 Å². The van der Waals surface area contributed by atoms with Gasteiger partial charge in [-0.15, -0.1) is 15.3 Å². The highest BCUT2D eigenvalue weighted by molar-refractivity contribution is 5.64. The molecule has 0 saturated carbocycles. The summed E-state index contributed by atoms with van der Waals surface area (Å²) in [6.07, 6.45) is -8.47. The number of halogens is 6. The minimum Gasteiger partial charge on any atom is -0.378 e. The van der Waals surface area contributed by atoms with Crippen LogP contribution in [0.25, 0.3) is 17.0 Å². The normalized spacial score (nSPS) is 15.0. The number of nitrogens with one attached hydrogen (secondary N) is 2. The lowest BCUT2D eigenvalue weighted by Crippen LogP contribution is -2.38. The van der Waals surface area contributed by atoms with Gasteiger partial charge in [0, 0.05) is 18.7 Å². The molecule has 2 N–H and O–H groups in total. The number of benzene rings is 1. The number of ether oxygens (including phenoxy) is 1. The van der Waals surface area contributed by atoms with Gasteiger partial charge in [0.05, 0.1) is 31.5 Å². The fourth-order valence-electron chi connectivity index (χ4n) is 3.57. The molecule has 3 aromatic heterocycles. The summed E-state index contributed by atoms with van der Waals surface area (Å²) in [4.78, 5) is 12.8. The van der Waals surface area contributed by atoms with Crippen LogP contribution >= 0.6 is 0 Å². The van der Waals surface area contributed by atoms with Crippen LogP contribution in [0, 0.1) is 0 Å². The van der Waals surface area contributed by atoms with Crippen molar-refractivity contribution < 1.29 is 31.1 Å². The molecule has 16 heteroatoms. The van der Waals surface area contributed by atoms with E-state index in [0.717, 1.165) is 12.1 Å². The maximum absolute atomic E-state index is 13.5. The van der Waals surface area contributed by atoms with E-state index in [2.05, 4.69) is 35.6 Å². The molecular weight excluding hydrogens is 496 g/mol. The maximum atomic E-state index is 13.5. The number of imidazole rings is 1. The van der Waals surface area contributed by atoms with Crippen LogP contribution < -0.4 is 10.2 Å². The van der Waals surface area contributed by atoms with E-state index in [4.69, 9.17) is 4.74 Å². The molecule has 4 heterocycles. The van der Waals surface area contributed by atoms with Crippen LogP contribution in [-0.2, 0) is 23.6 Å². The zero-order valence-electron chi connectivity index (χ0n) is 18.2. The largest absolute Gasteiger partial charge is 0.435 e. The van der Waals surface area contributed by atoms with E-state index in [1.807, 2.05) is 0 Å². The summed E-state index contributed by atoms with van der Waals surface area (Å²) in [5.41, 5.74) is -1.61. The van der Waals surface area contributed by atoms with E-state index in [0.29, 0.717) is 42.6 Å². The van der Waals surface area contributed by atoms with Crippen LogP contribution in [0.4, 0.5) is 38.1 Å². The smallest absolute Gasteiger partial charge is 0.378 e. The summed E-state index contributed by atoms with van der Waals surface area (Å²) in [7, 11) is 0. The molecule has 0 radical (unpaired) electrons. The van der Waals surface area contributed by atoms with Crippen LogP contribution in [0.5, 0.6) is 0 Å². The van der Waals surface area contributed by atoms with Gasteiger partial charge in [-0.2, -0.15) is 31.3 Å². The number of morpholine rings is 1. The number of alkyl halides is 6. The second kappa shape index (κ2) is 8.92. The number of rotatable bonds is 5. The van der Waals surface area contributed by atoms with Gasteiger partial charge in [0.15, 0.2) is 23.0 Å². The Bertz CT molecular complexity index is 1360. The lowest BCUT2D eigenvalue weighted by molar-refractivity contribution is -0.142. The van der Waals surface area contributed by atoms with E-state index < -0.39 is 23.6 Å². The number of hydrogen-bond donors (Lipinski definition) is 2. The maximum Gasteiger partial charge on any atom is 0.435 e. The van der Waals surface area contributed by atoms with E-state index in [-0.39, 0.29) is 35.6 Å². The Morgan fingerprint density at radius 3 is 2.36 bits per heavy atom. The standard InChI is InChI=1S/C20H17F6N9O/c21-19(22,23)12-3-1-11(2-4-12)15-29-14(31-32-15)10-27-16-17-28-9-13(20(24,25)26)35(17)33-18(30-16)34-5-7-36-8-6-34/h1-4,9H,5-8,10H2,(H,27,30,33)(H,29,31,32). The van der Waals surface area contributed by atoms with Crippen molar-refractivity contribution in [2.24, 2.45) is 0 Å². The van der Waals surface area contributed by atoms with Gasteiger partial charge < -0.3 is 19.9 Å². The Morgan fingerprint density at radius 1 is 0.972 bits per heavy atom. The van der Waals surface area contributed by atoms with Gasteiger partial charge in [-0.3, -0.25) is 0 Å². The van der Waals surface area contributed by atoms with Crippen LogP contribution in [0.1, 0.15) is 17.1 Å². The summed E-state index contributed by atoms with van der Waals surface area (Å²) in [6, 6.07) is 4.37. The Balaban J connectivity index is 1.40. The molecule has 1 saturated heterocycles. The molecule has 36 heavy (non-hydrogen) atoms. The third-order valence-corrected chi connectivity index (χ3v) is 5.38. The number of aromatic amines is 1. The Labute approximate surface area is 198 Å². The summed E-state index contributed by atoms with van der Waals surface area (Å²) in [5, 5.41) is 14.8. The van der Waals surface area contributed by atoms with Crippen LogP contribution in [-0.4, -0.2) is 61.1 Å². The fraction of sp³-hybridized carbons (Fsp3) is 0.350. The topological polar surface area (TPSA) is 109 Å². The van der Waals surface area contributed by atoms with Crippen molar-refractivity contribution in [2.75, 3.05) is 36.5 Å². The summed E-state index contributed by atoms with van der Waals surface area (Å²) in [5.74, 6) is 0.606. The van der Waals surface area contributed by atoms with Gasteiger partial charge >= 0.3 is 12.4 Å². The molecule has 0 bridgehead atoms. The third-order valence-electron chi connectivity index (χ3n) is 5.38. The lowest BCUT2D eigenvalue weighted by Gasteiger charge is -2.27. The van der Waals surface area contributed by atoms with Crippen LogP contribution in [0.2, 0.25) is 0 Å². The first-order chi connectivity index (χ1) is 17.1. The van der Waals surface area contributed by atoms with E-state index in [1.165, 1.54) is 12.1 Å². The van der Waals surface area contributed by atoms with Crippen molar-refractivity contribution in [2.45, 2.75) is 18.9 Å². The van der Waals surface area contributed by atoms with Crippen molar-refractivity contribution in [3.05, 3.63) is 47.5 Å². The number of nitrogens with zero attached hydrogens (tertiary/aromatic N) is 7. The molecule has 5 rings (SSSR count). The summed E-state index contributed by atoms with van der Waals surface area (Å²) >= 11 is 0. The molecule has 1 fully saturated rings. The molecule has 0 unspecified atom stereocenters. The number of H-pyrrole nitrogens is 1. The average molecular weight is 513 g/mol. The van der Waals surface area contributed by atoms with Crippen molar-refractivity contribution in [3.63, 3.8) is 0 Å². The number of hydrogen-bond acceptors (Lipinski definition) is 8. The Hall–Kier alpha value is -3.95. The van der Waals surface area contributed by atoms with Crippen LogP contribution in [0.3, 0.4) is 0 Å². The first-order valence-corrected chi connectivity index (χ1v) is 10.6. The van der Waals surface area contributed by atoms with Gasteiger partial charge in [-0.25, -0.2) is 9.50 Å². The van der Waals surface area contributed by atoms with Gasteiger partial charge in [-0.05, 0) is 12.1 Å². The highest BCUT2D eigenvalue weighted by Crippen LogP contribution is 2.32. The minimum atomic E-state index is -4.69. The molecular formula is C20H17F6N9O. The molecule has 1 aromatic carbocycles. The van der Waals surface area contributed by atoms with Crippen molar-refractivity contribution in [1.82, 2.24) is 34.8 Å². The predicted molar refractivity (Wildman–Crippen MR) is 113 cm³/mol. The third kappa shape index (κ3) is 4.75. The molecule has 1 aliphatic heterocycles. The molecule has 1 aliphatic rings. The second-order valence-electron chi connectivity index (χ2n) is 7.79. The van der Waals surface area contributed by atoms with Crippen molar-refractivity contribution >= 4 is 17.4 Å². The minimum absolute atomic E-state index is 0.0307. The predicted octanol–water partition coefficient (Wildman–Crippen LogP) is 3.40. The first kappa shape index (κ1) is 23.8. The first-order valence-electron chi connectivity index (χ1n) is 10.6. The lowest BCUT2D eigenvalue weighted by atomic mass is 10.1. The number of anilines is 2. The molecule has 0 atom stereocenters. The highest BCUT2D eigenvalue weighted by atomic mass is 19.4. The second-order valence-corrected chi connectivity index (χ2v) is 7.79. The molecule has 0 spiro atoms. The SMILES string of the molecule is FC(F)(F)c1ccc(-c2nnc(CNc3nc(N4CCOCC4)nn4c(C(F)(F)F)cnc34)[nH]2)cc1. The Morgan fingerprint density at radius 2 is 1.69 bits per heavy atom. The zero-order valence-corrected chi connectivity index (χ0v) is 18.2. The molecule has 0 aliphatic carbocycles. The average Bonchev–Trinajstić information content (AvgIpc) is 3.50. The zero-order chi connectivity index (χ0) is 25.5. The fourth-order valence-corrected chi connectivity index (χ4v) is 3.57.